The van der Waals surface area contributed by atoms with Gasteiger partial charge in [0, 0.05) is 102 Å². The van der Waals surface area contributed by atoms with Gasteiger partial charge in [0.25, 0.3) is 0 Å². The van der Waals surface area contributed by atoms with Gasteiger partial charge in [-0.1, -0.05) is 48.5 Å². The number of carbonyl (C=O) groups is 6. The van der Waals surface area contributed by atoms with E-state index >= 15 is 0 Å². The zero-order valence-corrected chi connectivity index (χ0v) is 62.7. The predicted octanol–water partition coefficient (Wildman–Crippen LogP) is 3.38. The van der Waals surface area contributed by atoms with Gasteiger partial charge in [-0.2, -0.15) is 0 Å². The standard InChI is InChI=1S/C66H115N3O29P2.C2H6/c1-40-41(2)54(34-70)94-64(42(40)3)89-25-13-19-48(73)16-7-10-22-57(77)67-31-51(76)28-45(67)38-92-99(84,85)98-53-30-47(69(33-53)59(79)24-12-9-18-50(75)21-15-27-91-66-44(5)61(81)63(83)56(36-72)96-66)39-93-100(86,87)97-52-29-46(37-88-6)68(32-52)58(78)23-11-8-17-49(74)20-14-26-90-65-43(4)60(80)62(82)55(35-71)95-65;1-2/h40-47,51-56,60-66,70-72,76,80-83H,7-39H2,1-6H3,(H,84,85)(H,86,87);1-2H3/t40-,41+,42?,43?,44?,45-,46-,47-,51+,52+,53+,54?,55?,56?,60+,61+,62-,63-,64+,65+,66+;/m0./s1. The summed E-state index contributed by atoms with van der Waals surface area (Å²) in [6.07, 6.45) is -8.35. The molecule has 0 aromatic carbocycles. The van der Waals surface area contributed by atoms with E-state index in [9.17, 15) is 88.5 Å². The van der Waals surface area contributed by atoms with Gasteiger partial charge in [0.2, 0.25) is 17.7 Å². The van der Waals surface area contributed by atoms with Crippen LogP contribution in [0.3, 0.4) is 0 Å². The Kier molecular flexibility index (Phi) is 39.7. The van der Waals surface area contributed by atoms with Crippen molar-refractivity contribution in [1.29, 1.82) is 0 Å². The van der Waals surface area contributed by atoms with Crippen LogP contribution in [0.1, 0.15) is 183 Å². The molecule has 10 N–H and O–H groups in total. The van der Waals surface area contributed by atoms with Gasteiger partial charge < -0.3 is 98.5 Å². The van der Waals surface area contributed by atoms with Gasteiger partial charge in [-0.15, -0.1) is 0 Å². The number of ether oxygens (including phenoxy) is 7. The van der Waals surface area contributed by atoms with E-state index < -0.39 is 152 Å². The van der Waals surface area contributed by atoms with Gasteiger partial charge in [-0.05, 0) is 88.9 Å². The molecule has 0 aromatic rings. The van der Waals surface area contributed by atoms with Gasteiger partial charge in [0.15, 0.2) is 18.9 Å². The van der Waals surface area contributed by atoms with E-state index in [-0.39, 0.29) is 183 Å². The summed E-state index contributed by atoms with van der Waals surface area (Å²) in [6, 6.07) is -2.38. The Labute approximate surface area is 600 Å². The Bertz CT molecular complexity index is 2630. The van der Waals surface area contributed by atoms with Crippen LogP contribution in [0.4, 0.5) is 0 Å². The number of aliphatic hydroxyl groups excluding tert-OH is 8. The summed E-state index contributed by atoms with van der Waals surface area (Å²) in [5, 5.41) is 80.2. The summed E-state index contributed by atoms with van der Waals surface area (Å²) in [5.74, 6) is -1.92. The first kappa shape index (κ1) is 89.7. The van der Waals surface area contributed by atoms with Crippen molar-refractivity contribution >= 4 is 50.7 Å². The van der Waals surface area contributed by atoms with E-state index in [1.165, 1.54) is 21.8 Å². The van der Waals surface area contributed by atoms with Gasteiger partial charge in [-0.25, -0.2) is 9.13 Å². The number of amides is 3. The Morgan fingerprint density at radius 3 is 1.11 bits per heavy atom. The molecule has 32 nitrogen and oxygen atoms in total. The number of Topliss-reactive ketones (excluding diaryl/α,β-unsaturated/α-hetero) is 3. The second kappa shape index (κ2) is 45.1. The van der Waals surface area contributed by atoms with Crippen LogP contribution in [0.25, 0.3) is 0 Å². The topological polar surface area (TPSA) is 450 Å². The summed E-state index contributed by atoms with van der Waals surface area (Å²) in [5.41, 5.74) is 0. The van der Waals surface area contributed by atoms with Crippen molar-refractivity contribution in [2.75, 3.05) is 86.2 Å². The zero-order chi connectivity index (χ0) is 75.4. The molecule has 6 saturated heterocycles. The molecule has 592 valence electrons. The first-order valence-electron chi connectivity index (χ1n) is 36.8. The largest absolute Gasteiger partial charge is 0.472 e. The molecule has 6 aliphatic rings. The van der Waals surface area contributed by atoms with Crippen molar-refractivity contribution in [2.24, 2.45) is 29.6 Å². The minimum atomic E-state index is -4.98. The zero-order valence-electron chi connectivity index (χ0n) is 60.9. The average Bonchev–Trinajstić information content (AvgIpc) is 1.69. The highest BCUT2D eigenvalue weighted by Crippen LogP contribution is 2.50. The highest BCUT2D eigenvalue weighted by molar-refractivity contribution is 7.47. The molecule has 34 heteroatoms. The van der Waals surface area contributed by atoms with Gasteiger partial charge >= 0.3 is 15.6 Å². The number of rotatable bonds is 45. The molecule has 3 amide bonds. The maximum Gasteiger partial charge on any atom is 0.472 e. The molecule has 0 aromatic heterocycles. The molecule has 8 unspecified atom stereocenters. The number of nitrogens with zero attached hydrogens (tertiary/aromatic N) is 3. The van der Waals surface area contributed by atoms with Crippen LogP contribution >= 0.6 is 15.6 Å². The Morgan fingerprint density at radius 2 is 0.735 bits per heavy atom. The Morgan fingerprint density at radius 1 is 0.412 bits per heavy atom. The number of aliphatic hydroxyl groups is 8. The molecule has 0 saturated carbocycles. The molecule has 0 spiro atoms. The number of hydrogen-bond donors (Lipinski definition) is 10. The lowest BCUT2D eigenvalue weighted by Gasteiger charge is -2.42. The van der Waals surface area contributed by atoms with Gasteiger partial charge in [0.05, 0.1) is 114 Å². The number of hydrogen-bond acceptors (Lipinski definition) is 27. The number of likely N-dealkylation sites (tertiary alicyclic amines) is 3. The molecule has 6 fully saturated rings. The van der Waals surface area contributed by atoms with E-state index in [1.54, 1.807) is 13.8 Å². The molecular formula is C68H121N3O29P2. The van der Waals surface area contributed by atoms with E-state index in [2.05, 4.69) is 6.92 Å². The molecule has 6 aliphatic heterocycles. The van der Waals surface area contributed by atoms with Crippen LogP contribution in [-0.2, 0) is 89.2 Å². The first-order chi connectivity index (χ1) is 48.5. The summed E-state index contributed by atoms with van der Waals surface area (Å²) in [7, 11) is -8.51. The lowest BCUT2D eigenvalue weighted by atomic mass is 9.79. The third-order valence-electron chi connectivity index (χ3n) is 20.4. The third kappa shape index (κ3) is 28.2. The molecule has 6 heterocycles. The molecule has 23 atom stereocenters. The number of unbranched alkanes of at least 4 members (excludes halogenated alkanes) is 3. The van der Waals surface area contributed by atoms with Crippen molar-refractivity contribution < 1.29 is 140 Å². The molecule has 0 bridgehead atoms. The van der Waals surface area contributed by atoms with Crippen molar-refractivity contribution in [3.05, 3.63) is 0 Å². The second-order valence-electron chi connectivity index (χ2n) is 28.0. The lowest BCUT2D eigenvalue weighted by Crippen LogP contribution is -2.55. The highest BCUT2D eigenvalue weighted by Gasteiger charge is 2.47. The number of β-amino-alcohol motifs (C(OH)–C–C–N with tert-alkyl or cyclic N) is 1. The second-order valence-corrected chi connectivity index (χ2v) is 30.8. The summed E-state index contributed by atoms with van der Waals surface area (Å²) in [4.78, 5) is 106. The van der Waals surface area contributed by atoms with E-state index in [4.69, 9.17) is 51.3 Å². The fourth-order valence-electron chi connectivity index (χ4n) is 13.9. The van der Waals surface area contributed by atoms with Gasteiger partial charge in [-0.3, -0.25) is 46.9 Å². The molecule has 0 aliphatic carbocycles. The number of phosphoric ester groups is 2. The Balaban J connectivity index is 0.00000928. The summed E-state index contributed by atoms with van der Waals surface area (Å²) < 4.78 is 89.5. The van der Waals surface area contributed by atoms with Crippen LogP contribution in [0.2, 0.25) is 0 Å². The molecule has 0 radical (unpaired) electrons. The maximum absolute atomic E-state index is 14.0. The maximum atomic E-state index is 14.0. The lowest BCUT2D eigenvalue weighted by molar-refractivity contribution is -0.282. The fourth-order valence-corrected chi connectivity index (χ4v) is 15.8. The predicted molar refractivity (Wildman–Crippen MR) is 364 cm³/mol. The first-order valence-corrected chi connectivity index (χ1v) is 39.8. The van der Waals surface area contributed by atoms with E-state index in [0.717, 1.165) is 0 Å². The average molecular weight is 1510 g/mol. The number of carbonyl (C=O) groups excluding carboxylic acids is 6. The number of phosphoric acid groups is 2. The smallest absolute Gasteiger partial charge is 0.394 e. The summed E-state index contributed by atoms with van der Waals surface area (Å²) >= 11 is 0. The van der Waals surface area contributed by atoms with Gasteiger partial charge in [0.1, 0.15) is 41.8 Å². The van der Waals surface area contributed by atoms with Crippen LogP contribution in [-0.4, -0.2) is 285 Å². The third-order valence-corrected chi connectivity index (χ3v) is 22.4. The highest BCUT2D eigenvalue weighted by atomic mass is 31.2. The Hall–Kier alpha value is -2.96. The minimum absolute atomic E-state index is 0.00945. The minimum Gasteiger partial charge on any atom is -0.394 e. The fraction of sp³-hybridized carbons (Fsp3) is 0.912. The number of methoxy groups -OCH3 is 1. The van der Waals surface area contributed by atoms with Crippen molar-refractivity contribution in [3.8, 4) is 0 Å². The van der Waals surface area contributed by atoms with Crippen LogP contribution < -0.4 is 0 Å². The quantitative estimate of drug-likeness (QED) is 0.0308. The molecular weight excluding hydrogens is 1380 g/mol. The van der Waals surface area contributed by atoms with Crippen LogP contribution in [0.5, 0.6) is 0 Å². The molecule has 6 rings (SSSR count). The van der Waals surface area contributed by atoms with E-state index in [1.807, 2.05) is 27.7 Å². The van der Waals surface area contributed by atoms with Crippen LogP contribution in [0, 0.1) is 29.6 Å². The van der Waals surface area contributed by atoms with Crippen molar-refractivity contribution in [1.82, 2.24) is 14.7 Å². The van der Waals surface area contributed by atoms with Crippen molar-refractivity contribution in [3.63, 3.8) is 0 Å². The van der Waals surface area contributed by atoms with Crippen LogP contribution in [0.15, 0.2) is 0 Å². The normalized spacial score (nSPS) is 33.2. The molecule has 102 heavy (non-hydrogen) atoms. The monoisotopic (exact) mass is 1510 g/mol. The van der Waals surface area contributed by atoms with E-state index in [0.29, 0.717) is 58.0 Å². The summed E-state index contributed by atoms with van der Waals surface area (Å²) in [6.45, 7) is 11.4. The van der Waals surface area contributed by atoms with Crippen molar-refractivity contribution in [2.45, 2.75) is 281 Å². The number of ketones is 3. The SMILES string of the molecule is CC.COC[C@@H]1C[C@@H](OP(=O)(O)OC[C@@H]2C[C@@H](OP(=O)(O)OC[C@@H]3C[C@@H](O)CN3C(=O)CCCCC(=O)CCCO[C@@H]3OC(CO)[C@H](C)[C@H](C)C3C)CN2C(=O)CCCCC(=O)CCCO[C@@H]2OC(CO)[C@H](O)[C@H](O)C2C)CN1C(=O)CCCCC(=O)CCCO[C@@H]1OC(CO)[C@H](O)[C@H](O)C1C.